The van der Waals surface area contributed by atoms with Crippen molar-refractivity contribution in [2.24, 2.45) is 0 Å². The Morgan fingerprint density at radius 3 is 2.75 bits per heavy atom. The lowest BCUT2D eigenvalue weighted by Gasteiger charge is -2.17. The Morgan fingerprint density at radius 2 is 2.08 bits per heavy atom. The van der Waals surface area contributed by atoms with E-state index in [-0.39, 0.29) is 5.82 Å². The van der Waals surface area contributed by atoms with Gasteiger partial charge in [0.15, 0.2) is 5.82 Å². The molecule has 1 heterocycles. The molecule has 0 saturated carbocycles. The minimum atomic E-state index is -0.223. The van der Waals surface area contributed by atoms with Crippen LogP contribution >= 0.6 is 0 Å². The zero-order chi connectivity index (χ0) is 8.39. The Balaban J connectivity index is 2.26. The Morgan fingerprint density at radius 1 is 1.33 bits per heavy atom. The molecule has 0 atom stereocenters. The average molecular weight is 164 g/mol. The first-order chi connectivity index (χ1) is 5.88. The highest BCUT2D eigenvalue weighted by Gasteiger charge is 2.14. The molecule has 0 bridgehead atoms. The van der Waals surface area contributed by atoms with E-state index in [1.54, 1.807) is 6.07 Å². The Bertz CT molecular complexity index is 266. The quantitative estimate of drug-likeness (QED) is 0.615. The topological polar surface area (TPSA) is 3.24 Å². The molecule has 1 radical (unpaired) electrons. The van der Waals surface area contributed by atoms with Crippen LogP contribution in [0.4, 0.5) is 10.1 Å². The van der Waals surface area contributed by atoms with Crippen molar-refractivity contribution in [1.29, 1.82) is 0 Å². The molecule has 1 nitrogen and oxygen atoms in total. The molecule has 1 fully saturated rings. The predicted molar refractivity (Wildman–Crippen MR) is 46.7 cm³/mol. The van der Waals surface area contributed by atoms with Crippen molar-refractivity contribution in [3.63, 3.8) is 0 Å². The predicted octanol–water partition coefficient (Wildman–Crippen LogP) is 2.23. The maximum Gasteiger partial charge on any atom is 0.154 e. The third kappa shape index (κ3) is 1.29. The van der Waals surface area contributed by atoms with Crippen molar-refractivity contribution >= 4 is 5.69 Å². The maximum absolute atomic E-state index is 13.1. The molecule has 1 aliphatic heterocycles. The van der Waals surface area contributed by atoms with Gasteiger partial charge in [-0.1, -0.05) is 12.1 Å². The van der Waals surface area contributed by atoms with E-state index in [1.165, 1.54) is 12.8 Å². The standard InChI is InChI=1S/C10H11FN/c11-9-5-1-2-6-10(9)12-7-3-4-8-12/h1-2,6H,3-4,7-8H2. The largest absolute Gasteiger partial charge is 0.369 e. The third-order valence-electron chi connectivity index (χ3n) is 2.23. The molecule has 63 valence electrons. The fraction of sp³-hybridized carbons (Fsp3) is 0.400. The number of hydrogen-bond acceptors (Lipinski definition) is 1. The van der Waals surface area contributed by atoms with Gasteiger partial charge in [0.1, 0.15) is 0 Å². The van der Waals surface area contributed by atoms with E-state index >= 15 is 0 Å². The van der Waals surface area contributed by atoms with Crippen molar-refractivity contribution in [2.75, 3.05) is 18.0 Å². The van der Waals surface area contributed by atoms with Gasteiger partial charge < -0.3 is 4.90 Å². The monoisotopic (exact) mass is 164 g/mol. The Hall–Kier alpha value is -1.05. The minimum Gasteiger partial charge on any atom is -0.369 e. The van der Waals surface area contributed by atoms with Gasteiger partial charge in [0.25, 0.3) is 0 Å². The molecule has 1 aromatic rings. The van der Waals surface area contributed by atoms with Gasteiger partial charge in [-0.05, 0) is 18.9 Å². The molecule has 2 rings (SSSR count). The van der Waals surface area contributed by atoms with E-state index in [0.717, 1.165) is 13.1 Å². The van der Waals surface area contributed by atoms with Gasteiger partial charge >= 0.3 is 0 Å². The second kappa shape index (κ2) is 3.13. The molecule has 0 unspecified atom stereocenters. The fourth-order valence-corrected chi connectivity index (χ4v) is 1.61. The third-order valence-corrected chi connectivity index (χ3v) is 2.23. The van der Waals surface area contributed by atoms with Gasteiger partial charge in [-0.2, -0.15) is 0 Å². The molecular weight excluding hydrogens is 153 g/mol. The first kappa shape index (κ1) is 7.59. The number of benzene rings is 1. The summed E-state index contributed by atoms with van der Waals surface area (Å²) in [6.45, 7) is 1.96. The lowest BCUT2D eigenvalue weighted by molar-refractivity contribution is 0.621. The lowest BCUT2D eigenvalue weighted by Crippen LogP contribution is -2.18. The van der Waals surface area contributed by atoms with Gasteiger partial charge in [-0.15, -0.1) is 0 Å². The number of nitrogens with zero attached hydrogens (tertiary/aromatic N) is 1. The second-order valence-electron chi connectivity index (χ2n) is 3.06. The van der Waals surface area contributed by atoms with E-state index < -0.39 is 0 Å². The van der Waals surface area contributed by atoms with Crippen molar-refractivity contribution in [3.8, 4) is 0 Å². The highest BCUT2D eigenvalue weighted by molar-refractivity contribution is 5.47. The molecule has 1 saturated heterocycles. The summed E-state index contributed by atoms with van der Waals surface area (Å²) >= 11 is 0. The van der Waals surface area contributed by atoms with E-state index in [2.05, 4.69) is 11.0 Å². The van der Waals surface area contributed by atoms with Crippen LogP contribution in [0.2, 0.25) is 0 Å². The second-order valence-corrected chi connectivity index (χ2v) is 3.06. The van der Waals surface area contributed by atoms with Crippen LogP contribution in [-0.4, -0.2) is 13.1 Å². The maximum atomic E-state index is 13.1. The molecule has 0 amide bonds. The Labute approximate surface area is 71.8 Å². The van der Waals surface area contributed by atoms with E-state index in [1.807, 2.05) is 12.1 Å². The summed E-state index contributed by atoms with van der Waals surface area (Å²) in [7, 11) is 0. The number of anilines is 1. The fourth-order valence-electron chi connectivity index (χ4n) is 1.61. The number of halogens is 1. The summed E-state index contributed by atoms with van der Waals surface area (Å²) in [4.78, 5) is 2.08. The van der Waals surface area contributed by atoms with E-state index in [0.29, 0.717) is 5.69 Å². The number of hydrogen-bond donors (Lipinski definition) is 0. The SMILES string of the molecule is Fc1[c]cccc1N1CCCC1. The van der Waals surface area contributed by atoms with Crippen molar-refractivity contribution < 1.29 is 4.39 Å². The van der Waals surface area contributed by atoms with Crippen LogP contribution in [0.3, 0.4) is 0 Å². The van der Waals surface area contributed by atoms with Crippen LogP contribution in [0.15, 0.2) is 18.2 Å². The first-order valence-corrected chi connectivity index (χ1v) is 4.29. The van der Waals surface area contributed by atoms with Crippen molar-refractivity contribution in [3.05, 3.63) is 30.1 Å². The summed E-state index contributed by atoms with van der Waals surface area (Å²) in [5, 5.41) is 0. The summed E-state index contributed by atoms with van der Waals surface area (Å²) in [5.74, 6) is -0.223. The van der Waals surface area contributed by atoms with Crippen molar-refractivity contribution in [1.82, 2.24) is 0 Å². The molecule has 0 spiro atoms. The van der Waals surface area contributed by atoms with Gasteiger partial charge in [-0.25, -0.2) is 4.39 Å². The molecule has 1 aromatic carbocycles. The molecule has 12 heavy (non-hydrogen) atoms. The summed E-state index contributed by atoms with van der Waals surface area (Å²) < 4.78 is 13.1. The molecular formula is C10H11FN. The molecule has 2 heteroatoms. The van der Waals surface area contributed by atoms with Crippen LogP contribution in [-0.2, 0) is 0 Å². The lowest BCUT2D eigenvalue weighted by atomic mass is 10.3. The van der Waals surface area contributed by atoms with E-state index in [9.17, 15) is 4.39 Å². The molecule has 0 aliphatic carbocycles. The summed E-state index contributed by atoms with van der Waals surface area (Å²) in [6.07, 6.45) is 2.35. The van der Waals surface area contributed by atoms with Gasteiger partial charge in [-0.3, -0.25) is 0 Å². The highest BCUT2D eigenvalue weighted by Crippen LogP contribution is 2.22. The molecule has 0 N–H and O–H groups in total. The smallest absolute Gasteiger partial charge is 0.154 e. The van der Waals surface area contributed by atoms with Gasteiger partial charge in [0.05, 0.1) is 5.69 Å². The zero-order valence-corrected chi connectivity index (χ0v) is 6.89. The first-order valence-electron chi connectivity index (χ1n) is 4.29. The highest BCUT2D eigenvalue weighted by atomic mass is 19.1. The number of rotatable bonds is 1. The normalized spacial score (nSPS) is 16.9. The van der Waals surface area contributed by atoms with Crippen LogP contribution in [0.25, 0.3) is 0 Å². The van der Waals surface area contributed by atoms with Crippen molar-refractivity contribution in [2.45, 2.75) is 12.8 Å². The summed E-state index contributed by atoms with van der Waals surface area (Å²) in [6, 6.07) is 7.82. The van der Waals surface area contributed by atoms with Crippen LogP contribution in [0.5, 0.6) is 0 Å². The minimum absolute atomic E-state index is 0.223. The van der Waals surface area contributed by atoms with Crippen LogP contribution in [0.1, 0.15) is 12.8 Å². The van der Waals surface area contributed by atoms with Gasteiger partial charge in [0.2, 0.25) is 0 Å². The molecule has 0 aromatic heterocycles. The van der Waals surface area contributed by atoms with Crippen LogP contribution < -0.4 is 4.90 Å². The van der Waals surface area contributed by atoms with E-state index in [4.69, 9.17) is 0 Å². The Kier molecular flexibility index (Phi) is 1.98. The van der Waals surface area contributed by atoms with Crippen LogP contribution in [0, 0.1) is 11.9 Å². The average Bonchev–Trinajstić information content (AvgIpc) is 2.57. The zero-order valence-electron chi connectivity index (χ0n) is 6.89. The van der Waals surface area contributed by atoms with Gasteiger partial charge in [0, 0.05) is 19.2 Å². The molecule has 1 aliphatic rings. The summed E-state index contributed by atoms with van der Waals surface area (Å²) in [5.41, 5.74) is 0.704.